The van der Waals surface area contributed by atoms with Gasteiger partial charge in [0.15, 0.2) is 0 Å². The van der Waals surface area contributed by atoms with Gasteiger partial charge in [0.05, 0.1) is 6.17 Å². The van der Waals surface area contributed by atoms with E-state index in [1.165, 1.54) is 0 Å². The smallest absolute Gasteiger partial charge is 0.0544 e. The average molecular weight is 246 g/mol. The van der Waals surface area contributed by atoms with Gasteiger partial charge in [0, 0.05) is 37.6 Å². The number of rotatable bonds is 3. The molecule has 18 heavy (non-hydrogen) atoms. The molecule has 4 nitrogen and oxygen atoms in total. The molecule has 1 heterocycles. The van der Waals surface area contributed by atoms with Gasteiger partial charge >= 0.3 is 0 Å². The second kappa shape index (κ2) is 5.42. The Bertz CT molecular complexity index is 402. The van der Waals surface area contributed by atoms with Gasteiger partial charge < -0.3 is 16.4 Å². The number of piperazine rings is 1. The minimum absolute atomic E-state index is 0.136. The van der Waals surface area contributed by atoms with Crippen LogP contribution >= 0.6 is 0 Å². The van der Waals surface area contributed by atoms with E-state index in [-0.39, 0.29) is 6.17 Å². The van der Waals surface area contributed by atoms with E-state index < -0.39 is 0 Å². The Morgan fingerprint density at radius 3 is 2.22 bits per heavy atom. The zero-order valence-electron chi connectivity index (χ0n) is 11.0. The summed E-state index contributed by atoms with van der Waals surface area (Å²) in [5.74, 6) is 0. The predicted molar refractivity (Wildman–Crippen MR) is 76.7 cm³/mol. The van der Waals surface area contributed by atoms with Crippen LogP contribution in [0.15, 0.2) is 30.8 Å². The Balaban J connectivity index is 1.97. The highest BCUT2D eigenvalue weighted by Gasteiger charge is 2.20. The summed E-state index contributed by atoms with van der Waals surface area (Å²) >= 11 is 0. The van der Waals surface area contributed by atoms with Crippen LogP contribution in [0.4, 0.5) is 5.69 Å². The van der Waals surface area contributed by atoms with Crippen LogP contribution in [0.3, 0.4) is 0 Å². The molecule has 1 aromatic carbocycles. The molecule has 1 atom stereocenters. The van der Waals surface area contributed by atoms with Gasteiger partial charge in [0.25, 0.3) is 0 Å². The Hall–Kier alpha value is -1.52. The van der Waals surface area contributed by atoms with Gasteiger partial charge in [-0.1, -0.05) is 18.7 Å². The third-order valence-corrected chi connectivity index (χ3v) is 3.52. The van der Waals surface area contributed by atoms with Gasteiger partial charge in [-0.2, -0.15) is 0 Å². The van der Waals surface area contributed by atoms with Crippen LogP contribution in [-0.4, -0.2) is 42.1 Å². The molecule has 1 aromatic rings. The summed E-state index contributed by atoms with van der Waals surface area (Å²) in [6, 6.07) is 7.88. The molecule has 0 aliphatic carbocycles. The standard InChI is InChI=1S/C14H22N4/c1-11(13-3-5-14(16)6-4-13)17-7-9-18(10-8-17)12(2)15/h3-6,12H,1,7-10,15-16H2,2H3. The highest BCUT2D eigenvalue weighted by atomic mass is 15.3. The highest BCUT2D eigenvalue weighted by Crippen LogP contribution is 2.20. The fourth-order valence-corrected chi connectivity index (χ4v) is 2.26. The van der Waals surface area contributed by atoms with Crippen LogP contribution in [0.5, 0.6) is 0 Å². The molecule has 4 heteroatoms. The number of nitrogen functional groups attached to an aromatic ring is 1. The molecule has 0 radical (unpaired) electrons. The lowest BCUT2D eigenvalue weighted by molar-refractivity contribution is 0.138. The summed E-state index contributed by atoms with van der Waals surface area (Å²) in [7, 11) is 0. The van der Waals surface area contributed by atoms with Crippen LogP contribution in [0.1, 0.15) is 12.5 Å². The lowest BCUT2D eigenvalue weighted by atomic mass is 10.1. The van der Waals surface area contributed by atoms with Gasteiger partial charge in [0.1, 0.15) is 0 Å². The molecule has 0 aromatic heterocycles. The van der Waals surface area contributed by atoms with Gasteiger partial charge in [-0.3, -0.25) is 4.90 Å². The van der Waals surface area contributed by atoms with Gasteiger partial charge in [-0.05, 0) is 24.6 Å². The Morgan fingerprint density at radius 1 is 1.17 bits per heavy atom. The molecule has 4 N–H and O–H groups in total. The van der Waals surface area contributed by atoms with Crippen molar-refractivity contribution in [1.29, 1.82) is 0 Å². The van der Waals surface area contributed by atoms with E-state index in [0.29, 0.717) is 0 Å². The molecular formula is C14H22N4. The van der Waals surface area contributed by atoms with Crippen molar-refractivity contribution in [3.8, 4) is 0 Å². The number of nitrogens with zero attached hydrogens (tertiary/aromatic N) is 2. The monoisotopic (exact) mass is 246 g/mol. The maximum atomic E-state index is 5.89. The molecule has 1 fully saturated rings. The third kappa shape index (κ3) is 2.83. The van der Waals surface area contributed by atoms with E-state index in [2.05, 4.69) is 16.4 Å². The minimum atomic E-state index is 0.136. The van der Waals surface area contributed by atoms with E-state index in [0.717, 1.165) is 43.1 Å². The Morgan fingerprint density at radius 2 is 1.72 bits per heavy atom. The Labute approximate surface area is 109 Å². The maximum absolute atomic E-state index is 5.89. The molecular weight excluding hydrogens is 224 g/mol. The first-order valence-corrected chi connectivity index (χ1v) is 6.37. The van der Waals surface area contributed by atoms with Gasteiger partial charge in [-0.25, -0.2) is 0 Å². The average Bonchev–Trinajstić information content (AvgIpc) is 2.39. The van der Waals surface area contributed by atoms with Crippen molar-refractivity contribution in [2.45, 2.75) is 13.1 Å². The van der Waals surface area contributed by atoms with Crippen molar-refractivity contribution in [2.24, 2.45) is 5.73 Å². The topological polar surface area (TPSA) is 58.5 Å². The first kappa shape index (κ1) is 12.9. The summed E-state index contributed by atoms with van der Waals surface area (Å²) in [5, 5.41) is 0. The summed E-state index contributed by atoms with van der Waals surface area (Å²) in [5.41, 5.74) is 14.6. The summed E-state index contributed by atoms with van der Waals surface area (Å²) in [6.45, 7) is 10.2. The lowest BCUT2D eigenvalue weighted by Crippen LogP contribution is -2.51. The molecule has 0 amide bonds. The SMILES string of the molecule is C=C(c1ccc(N)cc1)N1CCN(C(C)N)CC1. The first-order chi connectivity index (χ1) is 8.58. The zero-order valence-corrected chi connectivity index (χ0v) is 11.0. The highest BCUT2D eigenvalue weighted by molar-refractivity contribution is 5.63. The minimum Gasteiger partial charge on any atom is -0.399 e. The molecule has 0 spiro atoms. The lowest BCUT2D eigenvalue weighted by Gasteiger charge is -2.38. The van der Waals surface area contributed by atoms with Crippen LogP contribution < -0.4 is 11.5 Å². The van der Waals surface area contributed by atoms with Crippen molar-refractivity contribution in [1.82, 2.24) is 9.80 Å². The number of nitrogens with two attached hydrogens (primary N) is 2. The number of anilines is 1. The van der Waals surface area contributed by atoms with E-state index in [1.54, 1.807) is 0 Å². The van der Waals surface area contributed by atoms with E-state index >= 15 is 0 Å². The Kier molecular flexibility index (Phi) is 3.89. The molecule has 1 unspecified atom stereocenters. The molecule has 1 aliphatic rings. The van der Waals surface area contributed by atoms with E-state index in [1.807, 2.05) is 31.2 Å². The molecule has 2 rings (SSSR count). The normalized spacial score (nSPS) is 18.7. The van der Waals surface area contributed by atoms with Crippen molar-refractivity contribution in [3.05, 3.63) is 36.4 Å². The second-order valence-electron chi connectivity index (χ2n) is 4.83. The molecule has 1 aliphatic heterocycles. The van der Waals surface area contributed by atoms with Crippen molar-refractivity contribution in [3.63, 3.8) is 0 Å². The van der Waals surface area contributed by atoms with E-state index in [9.17, 15) is 0 Å². The van der Waals surface area contributed by atoms with Crippen LogP contribution in [0.2, 0.25) is 0 Å². The third-order valence-electron chi connectivity index (χ3n) is 3.52. The number of hydrogen-bond acceptors (Lipinski definition) is 4. The van der Waals surface area contributed by atoms with Crippen molar-refractivity contribution >= 4 is 11.4 Å². The fraction of sp³-hybridized carbons (Fsp3) is 0.429. The largest absolute Gasteiger partial charge is 0.399 e. The number of benzene rings is 1. The summed E-state index contributed by atoms with van der Waals surface area (Å²) in [4.78, 5) is 4.59. The molecule has 98 valence electrons. The quantitative estimate of drug-likeness (QED) is 0.786. The van der Waals surface area contributed by atoms with Gasteiger partial charge in [-0.15, -0.1) is 0 Å². The predicted octanol–water partition coefficient (Wildman–Crippen LogP) is 1.16. The van der Waals surface area contributed by atoms with Crippen LogP contribution in [0.25, 0.3) is 5.70 Å². The molecule has 1 saturated heterocycles. The van der Waals surface area contributed by atoms with E-state index in [4.69, 9.17) is 11.5 Å². The molecule has 0 bridgehead atoms. The molecule has 0 saturated carbocycles. The van der Waals surface area contributed by atoms with Gasteiger partial charge in [0.2, 0.25) is 0 Å². The second-order valence-corrected chi connectivity index (χ2v) is 4.83. The van der Waals surface area contributed by atoms with Crippen LogP contribution in [0, 0.1) is 0 Å². The zero-order chi connectivity index (χ0) is 13.1. The van der Waals surface area contributed by atoms with Crippen molar-refractivity contribution in [2.75, 3.05) is 31.9 Å². The summed E-state index contributed by atoms with van der Waals surface area (Å²) in [6.07, 6.45) is 0.136. The summed E-state index contributed by atoms with van der Waals surface area (Å²) < 4.78 is 0. The maximum Gasteiger partial charge on any atom is 0.0544 e. The first-order valence-electron chi connectivity index (χ1n) is 6.37. The van der Waals surface area contributed by atoms with Crippen LogP contribution in [-0.2, 0) is 0 Å². The number of hydrogen-bond donors (Lipinski definition) is 2. The fourth-order valence-electron chi connectivity index (χ4n) is 2.26. The van der Waals surface area contributed by atoms with Crippen molar-refractivity contribution < 1.29 is 0 Å².